The van der Waals surface area contributed by atoms with Gasteiger partial charge in [0.15, 0.2) is 0 Å². The fourth-order valence-corrected chi connectivity index (χ4v) is 4.68. The molecular weight excluding hydrogens is 428 g/mol. The number of fused-ring (bicyclic) bond motifs is 4. The third-order valence-corrected chi connectivity index (χ3v) is 6.33. The third-order valence-electron chi connectivity index (χ3n) is 6.33. The van der Waals surface area contributed by atoms with E-state index in [1.807, 2.05) is 72.8 Å². The number of amides is 2. The maximum absolute atomic E-state index is 13.3. The number of nitrogens with one attached hydrogen (secondary N) is 1. The van der Waals surface area contributed by atoms with Gasteiger partial charge in [-0.2, -0.15) is 5.10 Å². The standard InChI is InChI=1S/C27H22N4O3/c32-26-17-31(28-15-18-7-6-10-20(13-18)34-19-8-2-1-3-9-19)27(33)25-14-22-21-11-4-5-12-23(21)29-24(22)16-30(25)26/h1-13,15,25,29H,14,16-17H2/t25-/m0/s1. The number of H-pyrrole nitrogens is 1. The maximum atomic E-state index is 13.3. The third kappa shape index (κ3) is 3.61. The number of ether oxygens (including phenoxy) is 1. The minimum absolute atomic E-state index is 0.0679. The van der Waals surface area contributed by atoms with Gasteiger partial charge in [0.05, 0.1) is 12.8 Å². The minimum atomic E-state index is -0.544. The van der Waals surface area contributed by atoms with Crippen molar-refractivity contribution >= 4 is 28.9 Å². The Balaban J connectivity index is 1.22. The van der Waals surface area contributed by atoms with Gasteiger partial charge in [0.2, 0.25) is 5.91 Å². The van der Waals surface area contributed by atoms with Crippen LogP contribution >= 0.6 is 0 Å². The largest absolute Gasteiger partial charge is 0.457 e. The zero-order chi connectivity index (χ0) is 23.1. The van der Waals surface area contributed by atoms with E-state index in [9.17, 15) is 9.59 Å². The SMILES string of the molecule is O=C1[C@@H]2Cc3c([nH]c4ccccc34)CN2C(=O)CN1N=Cc1cccc(Oc2ccccc2)c1. The molecule has 1 atom stereocenters. The number of hydrogen-bond donors (Lipinski definition) is 1. The zero-order valence-corrected chi connectivity index (χ0v) is 18.3. The van der Waals surface area contributed by atoms with Crippen LogP contribution in [-0.4, -0.2) is 45.5 Å². The number of carbonyl (C=O) groups is 2. The molecule has 6 rings (SSSR count). The normalized spacial score (nSPS) is 17.8. The van der Waals surface area contributed by atoms with Crippen molar-refractivity contribution < 1.29 is 14.3 Å². The molecule has 1 saturated heterocycles. The van der Waals surface area contributed by atoms with Gasteiger partial charge in [0.1, 0.15) is 24.1 Å². The Morgan fingerprint density at radius 3 is 2.59 bits per heavy atom. The zero-order valence-electron chi connectivity index (χ0n) is 18.3. The van der Waals surface area contributed by atoms with Crippen LogP contribution in [0.25, 0.3) is 10.9 Å². The molecule has 0 saturated carbocycles. The van der Waals surface area contributed by atoms with Crippen molar-refractivity contribution in [3.63, 3.8) is 0 Å². The van der Waals surface area contributed by atoms with Crippen LogP contribution in [0.15, 0.2) is 84.0 Å². The van der Waals surface area contributed by atoms with Crippen molar-refractivity contribution in [3.8, 4) is 11.5 Å². The van der Waals surface area contributed by atoms with Crippen LogP contribution in [0, 0.1) is 0 Å². The Labute approximate surface area is 196 Å². The van der Waals surface area contributed by atoms with E-state index in [0.717, 1.165) is 33.5 Å². The number of nitrogens with zero attached hydrogens (tertiary/aromatic N) is 3. The molecule has 34 heavy (non-hydrogen) atoms. The highest BCUT2D eigenvalue weighted by Crippen LogP contribution is 2.32. The monoisotopic (exact) mass is 450 g/mol. The van der Waals surface area contributed by atoms with E-state index >= 15 is 0 Å². The van der Waals surface area contributed by atoms with Crippen LogP contribution in [-0.2, 0) is 22.6 Å². The quantitative estimate of drug-likeness (QED) is 0.476. The Morgan fingerprint density at radius 1 is 0.912 bits per heavy atom. The number of para-hydroxylation sites is 2. The summed E-state index contributed by atoms with van der Waals surface area (Å²) in [4.78, 5) is 31.3. The second-order valence-electron chi connectivity index (χ2n) is 8.50. The van der Waals surface area contributed by atoms with E-state index in [1.54, 1.807) is 11.1 Å². The lowest BCUT2D eigenvalue weighted by molar-refractivity contribution is -0.157. The topological polar surface area (TPSA) is 78.0 Å². The Hall–Kier alpha value is -4.39. The van der Waals surface area contributed by atoms with Crippen LogP contribution in [0.1, 0.15) is 16.8 Å². The Morgan fingerprint density at radius 2 is 1.71 bits per heavy atom. The molecule has 2 aliphatic heterocycles. The molecule has 0 aliphatic carbocycles. The fourth-order valence-electron chi connectivity index (χ4n) is 4.68. The molecule has 4 aromatic rings. The van der Waals surface area contributed by atoms with Gasteiger partial charge in [-0.3, -0.25) is 9.59 Å². The minimum Gasteiger partial charge on any atom is -0.457 e. The molecule has 3 heterocycles. The summed E-state index contributed by atoms with van der Waals surface area (Å²) < 4.78 is 5.87. The lowest BCUT2D eigenvalue weighted by Crippen LogP contribution is -2.60. The van der Waals surface area contributed by atoms with Crippen LogP contribution < -0.4 is 4.74 Å². The molecule has 1 N–H and O–H groups in total. The summed E-state index contributed by atoms with van der Waals surface area (Å²) in [6.45, 7) is 0.345. The molecule has 168 valence electrons. The number of aromatic nitrogens is 1. The molecular formula is C27H22N4O3. The van der Waals surface area contributed by atoms with Crippen LogP contribution in [0.3, 0.4) is 0 Å². The predicted octanol–water partition coefficient (Wildman–Crippen LogP) is 4.09. The van der Waals surface area contributed by atoms with E-state index in [1.165, 1.54) is 5.01 Å². The Bertz CT molecular complexity index is 1430. The molecule has 2 amide bonds. The first kappa shape index (κ1) is 20.2. The lowest BCUT2D eigenvalue weighted by Gasteiger charge is -2.40. The molecule has 1 aromatic heterocycles. The molecule has 0 unspecified atom stereocenters. The summed E-state index contributed by atoms with van der Waals surface area (Å²) in [5.74, 6) is 1.14. The lowest BCUT2D eigenvalue weighted by atomic mass is 9.94. The van der Waals surface area contributed by atoms with Gasteiger partial charge in [-0.1, -0.05) is 48.5 Å². The maximum Gasteiger partial charge on any atom is 0.266 e. The summed E-state index contributed by atoms with van der Waals surface area (Å²) in [6.07, 6.45) is 2.08. The molecule has 0 spiro atoms. The molecule has 3 aromatic carbocycles. The molecule has 0 radical (unpaired) electrons. The highest BCUT2D eigenvalue weighted by Gasteiger charge is 2.43. The van der Waals surface area contributed by atoms with Crippen molar-refractivity contribution in [3.05, 3.63) is 95.7 Å². The predicted molar refractivity (Wildman–Crippen MR) is 129 cm³/mol. The number of rotatable bonds is 4. The van der Waals surface area contributed by atoms with Gasteiger partial charge in [0, 0.05) is 23.0 Å². The van der Waals surface area contributed by atoms with Crippen LogP contribution in [0.4, 0.5) is 0 Å². The van der Waals surface area contributed by atoms with E-state index < -0.39 is 6.04 Å². The van der Waals surface area contributed by atoms with Gasteiger partial charge in [-0.05, 0) is 41.5 Å². The van der Waals surface area contributed by atoms with E-state index in [4.69, 9.17) is 4.74 Å². The molecule has 2 aliphatic rings. The van der Waals surface area contributed by atoms with Gasteiger partial charge in [0.25, 0.3) is 5.91 Å². The van der Waals surface area contributed by atoms with E-state index in [2.05, 4.69) is 16.2 Å². The first-order valence-electron chi connectivity index (χ1n) is 11.2. The summed E-state index contributed by atoms with van der Waals surface area (Å²) >= 11 is 0. The second kappa shape index (κ2) is 8.19. The van der Waals surface area contributed by atoms with Gasteiger partial charge < -0.3 is 14.6 Å². The number of hydrogen-bond acceptors (Lipinski definition) is 4. The van der Waals surface area contributed by atoms with Gasteiger partial charge in [-0.25, -0.2) is 5.01 Å². The van der Waals surface area contributed by atoms with Crippen LogP contribution in [0.2, 0.25) is 0 Å². The Kier molecular flexibility index (Phi) is 4.87. The fraction of sp³-hybridized carbons (Fsp3) is 0.148. The van der Waals surface area contributed by atoms with Crippen molar-refractivity contribution in [1.82, 2.24) is 14.9 Å². The van der Waals surface area contributed by atoms with Gasteiger partial charge in [-0.15, -0.1) is 0 Å². The van der Waals surface area contributed by atoms with Crippen molar-refractivity contribution in [2.24, 2.45) is 5.10 Å². The van der Waals surface area contributed by atoms with Crippen molar-refractivity contribution in [2.75, 3.05) is 6.54 Å². The second-order valence-corrected chi connectivity index (χ2v) is 8.50. The highest BCUT2D eigenvalue weighted by molar-refractivity contribution is 5.97. The summed E-state index contributed by atoms with van der Waals surface area (Å²) in [6, 6.07) is 24.5. The number of hydrazone groups is 1. The summed E-state index contributed by atoms with van der Waals surface area (Å²) in [5.41, 5.74) is 3.92. The highest BCUT2D eigenvalue weighted by atomic mass is 16.5. The molecule has 7 nitrogen and oxygen atoms in total. The smallest absolute Gasteiger partial charge is 0.266 e. The van der Waals surface area contributed by atoms with Crippen LogP contribution in [0.5, 0.6) is 11.5 Å². The molecule has 7 heteroatoms. The van der Waals surface area contributed by atoms with E-state index in [-0.39, 0.29) is 18.4 Å². The summed E-state index contributed by atoms with van der Waals surface area (Å²) in [7, 11) is 0. The molecule has 0 bridgehead atoms. The average Bonchev–Trinajstić information content (AvgIpc) is 3.23. The van der Waals surface area contributed by atoms with Crippen molar-refractivity contribution in [2.45, 2.75) is 19.0 Å². The number of piperazine rings is 1. The summed E-state index contributed by atoms with van der Waals surface area (Å²) in [5, 5.41) is 6.77. The first-order chi connectivity index (χ1) is 16.7. The van der Waals surface area contributed by atoms with E-state index in [0.29, 0.717) is 18.7 Å². The average molecular weight is 450 g/mol. The molecule has 1 fully saturated rings. The van der Waals surface area contributed by atoms with Crippen molar-refractivity contribution in [1.29, 1.82) is 0 Å². The number of benzene rings is 3. The number of aromatic amines is 1. The van der Waals surface area contributed by atoms with Gasteiger partial charge >= 0.3 is 0 Å². The number of carbonyl (C=O) groups excluding carboxylic acids is 2. The first-order valence-corrected chi connectivity index (χ1v) is 11.2.